The first-order valence-electron chi connectivity index (χ1n) is 4.86. The van der Waals surface area contributed by atoms with E-state index in [0.717, 1.165) is 5.69 Å². The van der Waals surface area contributed by atoms with Gasteiger partial charge < -0.3 is 9.90 Å². The highest BCUT2D eigenvalue weighted by molar-refractivity contribution is 7.09. The fourth-order valence-electron chi connectivity index (χ4n) is 1.53. The Bertz CT molecular complexity index is 493. The second kappa shape index (κ2) is 4.45. The Kier molecular flexibility index (Phi) is 3.01. The van der Waals surface area contributed by atoms with Crippen LogP contribution in [0.15, 0.2) is 35.7 Å². The number of aliphatic carboxylic acids is 1. The summed E-state index contributed by atoms with van der Waals surface area (Å²) < 4.78 is 0. The van der Waals surface area contributed by atoms with Crippen LogP contribution in [-0.2, 0) is 4.79 Å². The van der Waals surface area contributed by atoms with Crippen LogP contribution in [0.2, 0.25) is 0 Å². The maximum Gasteiger partial charge on any atom is 0.106 e. The minimum Gasteiger partial charge on any atom is -0.549 e. The Morgan fingerprint density at radius 2 is 2.06 bits per heavy atom. The van der Waals surface area contributed by atoms with Crippen LogP contribution in [0.4, 0.5) is 0 Å². The average molecular weight is 232 g/mol. The van der Waals surface area contributed by atoms with Gasteiger partial charge in [-0.1, -0.05) is 30.3 Å². The second-order valence-electron chi connectivity index (χ2n) is 3.49. The fraction of sp³-hybridized carbons (Fsp3) is 0.167. The van der Waals surface area contributed by atoms with Gasteiger partial charge in [0.05, 0.1) is 11.9 Å². The van der Waals surface area contributed by atoms with E-state index < -0.39 is 11.9 Å². The van der Waals surface area contributed by atoms with E-state index in [1.54, 1.807) is 12.1 Å². The number of aryl methyl sites for hydroxylation is 1. The highest BCUT2D eigenvalue weighted by Crippen LogP contribution is 2.26. The highest BCUT2D eigenvalue weighted by atomic mass is 32.1. The largest absolute Gasteiger partial charge is 0.549 e. The van der Waals surface area contributed by atoms with Crippen molar-refractivity contribution in [2.45, 2.75) is 12.8 Å². The molecule has 3 nitrogen and oxygen atoms in total. The maximum atomic E-state index is 11.2. The topological polar surface area (TPSA) is 53.0 Å². The van der Waals surface area contributed by atoms with Gasteiger partial charge in [0.25, 0.3) is 0 Å². The molecule has 0 N–H and O–H groups in total. The number of carbonyl (C=O) groups is 1. The molecule has 0 aliphatic carbocycles. The Labute approximate surface area is 97.4 Å². The molecule has 0 saturated carbocycles. The summed E-state index contributed by atoms with van der Waals surface area (Å²) in [6.45, 7) is 1.84. The minimum absolute atomic E-state index is 0.573. The van der Waals surface area contributed by atoms with Gasteiger partial charge in [0.15, 0.2) is 0 Å². The van der Waals surface area contributed by atoms with E-state index in [4.69, 9.17) is 0 Å². The molecule has 0 radical (unpaired) electrons. The van der Waals surface area contributed by atoms with Gasteiger partial charge in [0.2, 0.25) is 0 Å². The molecule has 1 aromatic carbocycles. The summed E-state index contributed by atoms with van der Waals surface area (Å²) in [5.74, 6) is -1.87. The predicted octanol–water partition coefficient (Wildman–Crippen LogP) is 1.33. The molecule has 1 atom stereocenters. The van der Waals surface area contributed by atoms with Crippen molar-refractivity contribution in [3.63, 3.8) is 0 Å². The number of hydrogen-bond donors (Lipinski definition) is 0. The third kappa shape index (κ3) is 2.12. The highest BCUT2D eigenvalue weighted by Gasteiger charge is 2.18. The maximum absolute atomic E-state index is 11.2. The molecule has 2 rings (SSSR count). The van der Waals surface area contributed by atoms with E-state index in [0.29, 0.717) is 10.6 Å². The lowest BCUT2D eigenvalue weighted by Crippen LogP contribution is -2.30. The third-order valence-electron chi connectivity index (χ3n) is 2.25. The van der Waals surface area contributed by atoms with Crippen LogP contribution in [0.25, 0.3) is 0 Å². The molecule has 2 aromatic rings. The first kappa shape index (κ1) is 10.8. The van der Waals surface area contributed by atoms with Gasteiger partial charge in [-0.05, 0) is 12.5 Å². The fourth-order valence-corrected chi connectivity index (χ4v) is 2.44. The van der Waals surface area contributed by atoms with Crippen molar-refractivity contribution in [3.8, 4) is 0 Å². The molecule has 82 valence electrons. The lowest BCUT2D eigenvalue weighted by atomic mass is 10.0. The van der Waals surface area contributed by atoms with Crippen LogP contribution >= 0.6 is 11.3 Å². The van der Waals surface area contributed by atoms with Crippen molar-refractivity contribution in [1.82, 2.24) is 4.98 Å². The van der Waals surface area contributed by atoms with Crippen molar-refractivity contribution >= 4 is 17.3 Å². The number of aromatic nitrogens is 1. The van der Waals surface area contributed by atoms with E-state index in [2.05, 4.69) is 4.98 Å². The van der Waals surface area contributed by atoms with Crippen LogP contribution in [0.5, 0.6) is 0 Å². The quantitative estimate of drug-likeness (QED) is 0.802. The zero-order valence-electron chi connectivity index (χ0n) is 8.71. The number of carboxylic acids is 1. The van der Waals surface area contributed by atoms with Crippen molar-refractivity contribution < 1.29 is 9.90 Å². The number of rotatable bonds is 3. The van der Waals surface area contributed by atoms with E-state index in [9.17, 15) is 9.90 Å². The van der Waals surface area contributed by atoms with E-state index in [1.807, 2.05) is 30.5 Å². The van der Waals surface area contributed by atoms with Gasteiger partial charge in [0, 0.05) is 11.1 Å². The number of benzene rings is 1. The molecular formula is C12H10NO2S-. The predicted molar refractivity (Wildman–Crippen MR) is 60.1 cm³/mol. The summed E-state index contributed by atoms with van der Waals surface area (Å²) in [4.78, 5) is 15.4. The standard InChI is InChI=1S/C12H11NO2S/c1-8-7-16-11(13-8)10(12(14)15)9-5-3-2-4-6-9/h2-7,10H,1H3,(H,14,15)/p-1/t10-/m0/s1. The molecule has 0 fully saturated rings. The number of carboxylic acid groups (broad SMARTS) is 1. The SMILES string of the molecule is Cc1csc([C@@H](C(=O)[O-])c2ccccc2)n1. The van der Waals surface area contributed by atoms with Crippen LogP contribution in [0.1, 0.15) is 22.2 Å². The molecule has 0 bridgehead atoms. The van der Waals surface area contributed by atoms with Gasteiger partial charge in [-0.3, -0.25) is 0 Å². The normalized spacial score (nSPS) is 12.3. The van der Waals surface area contributed by atoms with Crippen molar-refractivity contribution in [3.05, 3.63) is 52.0 Å². The number of thiazole rings is 1. The van der Waals surface area contributed by atoms with Gasteiger partial charge in [-0.2, -0.15) is 0 Å². The lowest BCUT2D eigenvalue weighted by molar-refractivity contribution is -0.306. The number of nitrogens with zero attached hydrogens (tertiary/aromatic N) is 1. The lowest BCUT2D eigenvalue weighted by Gasteiger charge is -2.15. The molecule has 0 aliphatic rings. The Hall–Kier alpha value is -1.68. The van der Waals surface area contributed by atoms with Crippen molar-refractivity contribution in [2.75, 3.05) is 0 Å². The molecule has 0 spiro atoms. The summed E-state index contributed by atoms with van der Waals surface area (Å²) in [6, 6.07) is 9.02. The van der Waals surface area contributed by atoms with Gasteiger partial charge >= 0.3 is 0 Å². The monoisotopic (exact) mass is 232 g/mol. The smallest absolute Gasteiger partial charge is 0.106 e. The summed E-state index contributed by atoms with van der Waals surface area (Å²) in [5.41, 5.74) is 1.54. The first-order valence-corrected chi connectivity index (χ1v) is 5.74. The van der Waals surface area contributed by atoms with Crippen LogP contribution in [0.3, 0.4) is 0 Å². The minimum atomic E-state index is -1.11. The second-order valence-corrected chi connectivity index (χ2v) is 4.38. The number of carbonyl (C=O) groups excluding carboxylic acids is 1. The summed E-state index contributed by atoms with van der Waals surface area (Å²) in [7, 11) is 0. The summed E-state index contributed by atoms with van der Waals surface area (Å²) in [5, 5.41) is 13.6. The molecule has 4 heteroatoms. The third-order valence-corrected chi connectivity index (χ3v) is 3.28. The number of hydrogen-bond acceptors (Lipinski definition) is 4. The molecular weight excluding hydrogens is 222 g/mol. The first-order chi connectivity index (χ1) is 7.68. The summed E-state index contributed by atoms with van der Waals surface area (Å²) in [6.07, 6.45) is 0. The Morgan fingerprint density at radius 1 is 1.38 bits per heavy atom. The van der Waals surface area contributed by atoms with Crippen molar-refractivity contribution in [1.29, 1.82) is 0 Å². The van der Waals surface area contributed by atoms with E-state index >= 15 is 0 Å². The van der Waals surface area contributed by atoms with Crippen LogP contribution in [0, 0.1) is 6.92 Å². The van der Waals surface area contributed by atoms with Crippen molar-refractivity contribution in [2.24, 2.45) is 0 Å². The molecule has 16 heavy (non-hydrogen) atoms. The van der Waals surface area contributed by atoms with Gasteiger partial charge in [-0.15, -0.1) is 11.3 Å². The molecule has 0 unspecified atom stereocenters. The molecule has 0 amide bonds. The molecule has 1 heterocycles. The average Bonchev–Trinajstić information content (AvgIpc) is 2.66. The van der Waals surface area contributed by atoms with E-state index in [-0.39, 0.29) is 0 Å². The van der Waals surface area contributed by atoms with Gasteiger partial charge in [0.1, 0.15) is 5.01 Å². The van der Waals surface area contributed by atoms with Crippen LogP contribution < -0.4 is 5.11 Å². The Balaban J connectivity index is 2.43. The zero-order valence-corrected chi connectivity index (χ0v) is 9.53. The van der Waals surface area contributed by atoms with Gasteiger partial charge in [-0.25, -0.2) is 4.98 Å². The molecule has 1 aromatic heterocycles. The summed E-state index contributed by atoms with van der Waals surface area (Å²) >= 11 is 1.35. The molecule has 0 saturated heterocycles. The Morgan fingerprint density at radius 3 is 2.56 bits per heavy atom. The van der Waals surface area contributed by atoms with E-state index in [1.165, 1.54) is 11.3 Å². The zero-order chi connectivity index (χ0) is 11.5. The van der Waals surface area contributed by atoms with Crippen LogP contribution in [-0.4, -0.2) is 11.0 Å². The molecule has 0 aliphatic heterocycles.